The average molecular weight is 594 g/mol. The van der Waals surface area contributed by atoms with Crippen LogP contribution in [0.3, 0.4) is 0 Å². The molecule has 0 amide bonds. The van der Waals surface area contributed by atoms with E-state index in [0.29, 0.717) is 24.3 Å². The normalized spacial score (nSPS) is 14.7. The monoisotopic (exact) mass is 594 g/mol. The molecule has 0 saturated carbocycles. The molecule has 0 atom stereocenters. The van der Waals surface area contributed by atoms with E-state index in [1.807, 2.05) is 0 Å². The number of fused-ring (bicyclic) bond motifs is 1. The van der Waals surface area contributed by atoms with Crippen LogP contribution >= 0.6 is 0 Å². The molecular weight excluding hydrogens is 585 g/mol. The summed E-state index contributed by atoms with van der Waals surface area (Å²) < 4.78 is 221. The van der Waals surface area contributed by atoms with Crippen LogP contribution in [0.25, 0.3) is 10.8 Å². The summed E-state index contributed by atoms with van der Waals surface area (Å²) in [4.78, 5) is -0.947. The minimum atomic E-state index is -8.12. The van der Waals surface area contributed by atoms with Crippen LogP contribution in [0.15, 0.2) is 41.3 Å². The Morgan fingerprint density at radius 3 is 1.68 bits per heavy atom. The predicted molar refractivity (Wildman–Crippen MR) is 91.3 cm³/mol. The van der Waals surface area contributed by atoms with Crippen molar-refractivity contribution in [3.05, 3.63) is 42.0 Å². The molecule has 204 valence electrons. The number of benzene rings is 2. The summed E-state index contributed by atoms with van der Waals surface area (Å²) >= 11 is 0. The van der Waals surface area contributed by atoms with Crippen molar-refractivity contribution in [3.8, 4) is 0 Å². The Bertz CT molecular complexity index is 1250. The predicted octanol–water partition coefficient (Wildman–Crippen LogP) is 3.37. The molecule has 0 spiro atoms. The maximum atomic E-state index is 14.3. The second kappa shape index (κ2) is 9.98. The first-order chi connectivity index (χ1) is 15.9. The molecule has 0 aliphatic heterocycles. The zero-order valence-electron chi connectivity index (χ0n) is 17.7. The smallest absolute Gasteiger partial charge is 0.744 e. The van der Waals surface area contributed by atoms with E-state index in [0.717, 1.165) is 12.1 Å². The van der Waals surface area contributed by atoms with E-state index >= 15 is 0 Å². The average Bonchev–Trinajstić information content (AvgIpc) is 2.71. The number of halogens is 14. The third-order valence-electron chi connectivity index (χ3n) is 4.98. The van der Waals surface area contributed by atoms with Crippen molar-refractivity contribution in [2.75, 3.05) is 0 Å². The van der Waals surface area contributed by atoms with Crippen molar-refractivity contribution in [2.24, 2.45) is 0 Å². The van der Waals surface area contributed by atoms with E-state index in [2.05, 4.69) is 0 Å². The van der Waals surface area contributed by atoms with Crippen LogP contribution in [0, 0.1) is 0 Å². The van der Waals surface area contributed by atoms with Gasteiger partial charge in [-0.05, 0) is 28.5 Å². The van der Waals surface area contributed by atoms with Gasteiger partial charge < -0.3 is 4.55 Å². The van der Waals surface area contributed by atoms with E-state index < -0.39 is 79.7 Å². The van der Waals surface area contributed by atoms with Crippen molar-refractivity contribution < 1.29 is 104 Å². The van der Waals surface area contributed by atoms with Gasteiger partial charge in [0.05, 0.1) is 4.90 Å². The Kier molecular flexibility index (Phi) is 9.08. The molecule has 2 aromatic carbocycles. The molecule has 37 heavy (non-hydrogen) atoms. The molecule has 0 bridgehead atoms. The van der Waals surface area contributed by atoms with Crippen molar-refractivity contribution in [2.45, 2.75) is 53.3 Å². The number of alkyl halides is 14. The standard InChI is InChI=1S/C18H10F14O3S.Na/c19-12(20)14(23,24)16(27,28)18(31,32)17(29,30)15(25,26)13(21,22)7-9-3-1-2-8-6-10(36(33,34)35)4-5-11(8)9;/h1-6,12H,7H2,(H,33,34,35);/q;+1/p-1. The molecule has 0 aliphatic rings. The molecule has 0 aliphatic carbocycles. The summed E-state index contributed by atoms with van der Waals surface area (Å²) in [5.41, 5.74) is -1.09. The van der Waals surface area contributed by atoms with Gasteiger partial charge in [-0.3, -0.25) is 0 Å². The summed E-state index contributed by atoms with van der Waals surface area (Å²) in [6, 6.07) is 3.81. The SMILES string of the molecule is O=S(=O)([O-])c1ccc2c(CC(F)(F)C(F)(F)C(F)(F)C(F)(F)C(F)(F)C(F)(F)C(F)F)cccc2c1.[Na+]. The summed E-state index contributed by atoms with van der Waals surface area (Å²) in [6.07, 6.45) is -8.41. The first-order valence-electron chi connectivity index (χ1n) is 8.89. The maximum absolute atomic E-state index is 14.3. The van der Waals surface area contributed by atoms with E-state index in [1.54, 1.807) is 0 Å². The largest absolute Gasteiger partial charge is 1.00 e. The first-order valence-corrected chi connectivity index (χ1v) is 10.3. The van der Waals surface area contributed by atoms with Crippen LogP contribution in [-0.2, 0) is 16.5 Å². The quantitative estimate of drug-likeness (QED) is 0.255. The van der Waals surface area contributed by atoms with Gasteiger partial charge in [0.1, 0.15) is 10.1 Å². The maximum Gasteiger partial charge on any atom is 1.00 e. The third-order valence-corrected chi connectivity index (χ3v) is 5.81. The molecule has 0 fully saturated rings. The zero-order chi connectivity index (χ0) is 28.3. The molecule has 19 heteroatoms. The van der Waals surface area contributed by atoms with Crippen molar-refractivity contribution in [1.29, 1.82) is 0 Å². The minimum Gasteiger partial charge on any atom is -0.744 e. The number of rotatable bonds is 9. The molecule has 0 heterocycles. The molecule has 0 saturated heterocycles. The first kappa shape index (κ1) is 33.7. The van der Waals surface area contributed by atoms with Gasteiger partial charge in [-0.1, -0.05) is 24.3 Å². The second-order valence-electron chi connectivity index (χ2n) is 7.36. The topological polar surface area (TPSA) is 57.2 Å². The van der Waals surface area contributed by atoms with Crippen molar-refractivity contribution >= 4 is 20.9 Å². The van der Waals surface area contributed by atoms with Gasteiger partial charge in [0.15, 0.2) is 0 Å². The van der Waals surface area contributed by atoms with E-state index in [-0.39, 0.29) is 29.6 Å². The van der Waals surface area contributed by atoms with Crippen LogP contribution in [0.2, 0.25) is 0 Å². The van der Waals surface area contributed by atoms with E-state index in [9.17, 15) is 74.4 Å². The minimum absolute atomic E-state index is 0. The summed E-state index contributed by atoms with van der Waals surface area (Å²) in [7, 11) is -5.12. The number of hydrogen-bond donors (Lipinski definition) is 0. The van der Waals surface area contributed by atoms with E-state index in [1.165, 1.54) is 0 Å². The van der Waals surface area contributed by atoms with Crippen LogP contribution in [0.5, 0.6) is 0 Å². The van der Waals surface area contributed by atoms with Gasteiger partial charge in [-0.25, -0.2) is 17.2 Å². The molecule has 0 aromatic heterocycles. The Morgan fingerprint density at radius 2 is 1.22 bits per heavy atom. The molecule has 0 unspecified atom stereocenters. The Labute approximate surface area is 219 Å². The molecule has 0 N–H and O–H groups in total. The molecule has 2 rings (SSSR count). The van der Waals surface area contributed by atoms with Gasteiger partial charge >= 0.3 is 71.5 Å². The molecule has 3 nitrogen and oxygen atoms in total. The van der Waals surface area contributed by atoms with Crippen LogP contribution in [0.4, 0.5) is 61.5 Å². The zero-order valence-corrected chi connectivity index (χ0v) is 20.5. The summed E-state index contributed by atoms with van der Waals surface area (Å²) in [6.45, 7) is 0. The van der Waals surface area contributed by atoms with Gasteiger partial charge in [-0.15, -0.1) is 0 Å². The Hall–Kier alpha value is -1.37. The summed E-state index contributed by atoms with van der Waals surface area (Å²) in [5, 5.41) is -1.03. The fraction of sp³-hybridized carbons (Fsp3) is 0.444. The van der Waals surface area contributed by atoms with Crippen LogP contribution < -0.4 is 29.6 Å². The van der Waals surface area contributed by atoms with Crippen LogP contribution in [0.1, 0.15) is 5.56 Å². The molecule has 2 aromatic rings. The van der Waals surface area contributed by atoms with Gasteiger partial charge in [-0.2, -0.15) is 52.7 Å². The van der Waals surface area contributed by atoms with Crippen LogP contribution in [-0.4, -0.2) is 54.9 Å². The van der Waals surface area contributed by atoms with Crippen molar-refractivity contribution in [1.82, 2.24) is 0 Å². The molecule has 0 radical (unpaired) electrons. The number of hydrogen-bond acceptors (Lipinski definition) is 3. The Morgan fingerprint density at radius 1 is 0.730 bits per heavy atom. The van der Waals surface area contributed by atoms with Gasteiger partial charge in [0, 0.05) is 6.42 Å². The third kappa shape index (κ3) is 5.27. The molecular formula is C18H9F14NaO3S. The van der Waals surface area contributed by atoms with Gasteiger partial charge in [0.25, 0.3) is 0 Å². The van der Waals surface area contributed by atoms with Crippen molar-refractivity contribution in [3.63, 3.8) is 0 Å². The van der Waals surface area contributed by atoms with E-state index in [4.69, 9.17) is 0 Å². The fourth-order valence-electron chi connectivity index (χ4n) is 2.96. The Balaban J connectivity index is 0.00000684. The second-order valence-corrected chi connectivity index (χ2v) is 8.74. The van der Waals surface area contributed by atoms with Gasteiger partial charge in [0.2, 0.25) is 0 Å². The fourth-order valence-corrected chi connectivity index (χ4v) is 3.47. The summed E-state index contributed by atoms with van der Waals surface area (Å²) in [5.74, 6) is -45.3.